The summed E-state index contributed by atoms with van der Waals surface area (Å²) in [6, 6.07) is 5.65. The molecule has 0 aliphatic heterocycles. The Balaban J connectivity index is 0.000000956. The number of carbonyl (C=O) groups is 4. The molecule has 29 heavy (non-hydrogen) atoms. The first-order valence-electron chi connectivity index (χ1n) is 8.15. The van der Waals surface area contributed by atoms with Crippen molar-refractivity contribution in [2.75, 3.05) is 11.9 Å². The number of anilines is 1. The van der Waals surface area contributed by atoms with Crippen molar-refractivity contribution in [2.24, 2.45) is 11.7 Å². The summed E-state index contributed by atoms with van der Waals surface area (Å²) in [6.07, 6.45) is -5.08. The van der Waals surface area contributed by atoms with Gasteiger partial charge in [-0.25, -0.2) is 9.59 Å². The van der Waals surface area contributed by atoms with Crippen LogP contribution in [0, 0.1) is 5.92 Å². The lowest BCUT2D eigenvalue weighted by Crippen LogP contribution is -2.46. The van der Waals surface area contributed by atoms with Crippen LogP contribution in [0.3, 0.4) is 0 Å². The van der Waals surface area contributed by atoms with Gasteiger partial charge in [-0.05, 0) is 30.2 Å². The number of carbonyl (C=O) groups excluding carboxylic acids is 3. The van der Waals surface area contributed by atoms with Gasteiger partial charge in [-0.15, -0.1) is 0 Å². The summed E-state index contributed by atoms with van der Waals surface area (Å²) in [6.45, 7) is 4.78. The SMILES string of the molecule is CC(=O)Nc1ccc(OC(=O)CNC(=O)[C@@H](N)C(C)C)cc1.O=C(O)C(F)(F)F. The third-order valence-electron chi connectivity index (χ3n) is 3.08. The van der Waals surface area contributed by atoms with E-state index in [4.69, 9.17) is 20.4 Å². The number of hydrogen-bond donors (Lipinski definition) is 4. The van der Waals surface area contributed by atoms with Crippen molar-refractivity contribution >= 4 is 29.4 Å². The lowest BCUT2D eigenvalue weighted by atomic mass is 10.1. The molecule has 12 heteroatoms. The minimum atomic E-state index is -5.08. The predicted molar refractivity (Wildman–Crippen MR) is 95.9 cm³/mol. The van der Waals surface area contributed by atoms with Gasteiger partial charge in [0.15, 0.2) is 0 Å². The third-order valence-corrected chi connectivity index (χ3v) is 3.08. The van der Waals surface area contributed by atoms with Gasteiger partial charge in [-0.3, -0.25) is 9.59 Å². The summed E-state index contributed by atoms with van der Waals surface area (Å²) in [4.78, 5) is 43.0. The van der Waals surface area contributed by atoms with E-state index in [1.807, 2.05) is 13.8 Å². The van der Waals surface area contributed by atoms with Gasteiger partial charge in [0.1, 0.15) is 12.3 Å². The summed E-state index contributed by atoms with van der Waals surface area (Å²) in [5.74, 6) is -3.63. The van der Waals surface area contributed by atoms with Crippen LogP contribution in [-0.2, 0) is 19.2 Å². The van der Waals surface area contributed by atoms with Crippen molar-refractivity contribution < 1.29 is 42.2 Å². The number of carboxylic acids is 1. The van der Waals surface area contributed by atoms with Crippen molar-refractivity contribution in [3.05, 3.63) is 24.3 Å². The fraction of sp³-hybridized carbons (Fsp3) is 0.412. The van der Waals surface area contributed by atoms with Crippen LogP contribution in [0.5, 0.6) is 5.75 Å². The molecular formula is C17H22F3N3O6. The number of ether oxygens (including phenoxy) is 1. The molecule has 9 nitrogen and oxygen atoms in total. The standard InChI is InChI=1S/C15H21N3O4.C2HF3O2/c1-9(2)14(16)15(21)17-8-13(20)22-12-6-4-11(5-7-12)18-10(3)19;3-2(4,5)1(6)7/h4-7,9,14H,8,16H2,1-3H3,(H,17,21)(H,18,19);(H,6,7)/t14-;/m0./s1. The third kappa shape index (κ3) is 11.3. The fourth-order valence-electron chi connectivity index (χ4n) is 1.56. The zero-order valence-corrected chi connectivity index (χ0v) is 15.9. The largest absolute Gasteiger partial charge is 0.490 e. The van der Waals surface area contributed by atoms with Crippen molar-refractivity contribution in [2.45, 2.75) is 33.0 Å². The number of alkyl halides is 3. The number of esters is 1. The number of rotatable bonds is 6. The Kier molecular flexibility index (Phi) is 10.4. The quantitative estimate of drug-likeness (QED) is 0.399. The number of carboxylic acid groups (broad SMARTS) is 1. The van der Waals surface area contributed by atoms with Crippen LogP contribution >= 0.6 is 0 Å². The van der Waals surface area contributed by atoms with Crippen LogP contribution in [0.2, 0.25) is 0 Å². The first-order chi connectivity index (χ1) is 13.2. The summed E-state index contributed by atoms with van der Waals surface area (Å²) in [5, 5.41) is 12.1. The predicted octanol–water partition coefficient (Wildman–Crippen LogP) is 1.28. The van der Waals surface area contributed by atoms with E-state index in [0.29, 0.717) is 11.4 Å². The van der Waals surface area contributed by atoms with Gasteiger partial charge in [0.25, 0.3) is 0 Å². The highest BCUT2D eigenvalue weighted by Gasteiger charge is 2.38. The molecule has 0 saturated carbocycles. The monoisotopic (exact) mass is 421 g/mol. The molecule has 0 heterocycles. The minimum Gasteiger partial charge on any atom is -0.475 e. The first kappa shape index (κ1) is 25.9. The number of aliphatic carboxylic acids is 1. The summed E-state index contributed by atoms with van der Waals surface area (Å²) in [7, 11) is 0. The maximum atomic E-state index is 11.6. The molecule has 0 saturated heterocycles. The van der Waals surface area contributed by atoms with Gasteiger partial charge in [-0.1, -0.05) is 13.8 Å². The molecular weight excluding hydrogens is 399 g/mol. The smallest absolute Gasteiger partial charge is 0.475 e. The van der Waals surface area contributed by atoms with Crippen molar-refractivity contribution in [1.82, 2.24) is 5.32 Å². The van der Waals surface area contributed by atoms with Crippen molar-refractivity contribution in [3.63, 3.8) is 0 Å². The number of halogens is 3. The maximum absolute atomic E-state index is 11.6. The second-order valence-electron chi connectivity index (χ2n) is 5.97. The molecule has 0 aliphatic carbocycles. The van der Waals surface area contributed by atoms with Crippen LogP contribution < -0.4 is 21.1 Å². The second-order valence-corrected chi connectivity index (χ2v) is 5.97. The maximum Gasteiger partial charge on any atom is 0.490 e. The van der Waals surface area contributed by atoms with Crippen LogP contribution in [0.4, 0.5) is 18.9 Å². The number of nitrogens with one attached hydrogen (secondary N) is 2. The van der Waals surface area contributed by atoms with Gasteiger partial charge in [0.2, 0.25) is 11.8 Å². The average molecular weight is 421 g/mol. The molecule has 1 aromatic carbocycles. The average Bonchev–Trinajstić information content (AvgIpc) is 2.59. The molecule has 0 aromatic heterocycles. The molecule has 0 fully saturated rings. The van der Waals surface area contributed by atoms with Gasteiger partial charge in [-0.2, -0.15) is 13.2 Å². The Hall–Kier alpha value is -3.15. The Bertz CT molecular complexity index is 720. The molecule has 0 unspecified atom stereocenters. The summed E-state index contributed by atoms with van der Waals surface area (Å²) in [5.41, 5.74) is 6.26. The van der Waals surface area contributed by atoms with Gasteiger partial charge in [0.05, 0.1) is 6.04 Å². The molecule has 1 aromatic rings. The Labute approximate surface area is 164 Å². The van der Waals surface area contributed by atoms with Crippen LogP contribution in [0.25, 0.3) is 0 Å². The first-order valence-corrected chi connectivity index (χ1v) is 8.15. The molecule has 0 bridgehead atoms. The highest BCUT2D eigenvalue weighted by molar-refractivity contribution is 5.89. The number of hydrogen-bond acceptors (Lipinski definition) is 6. The molecule has 1 atom stereocenters. The van der Waals surface area contributed by atoms with Crippen LogP contribution in [-0.4, -0.2) is 47.6 Å². The zero-order valence-electron chi connectivity index (χ0n) is 15.9. The van der Waals surface area contributed by atoms with E-state index < -0.39 is 30.1 Å². The van der Waals surface area contributed by atoms with E-state index in [0.717, 1.165) is 0 Å². The highest BCUT2D eigenvalue weighted by Crippen LogP contribution is 2.15. The van der Waals surface area contributed by atoms with Gasteiger partial charge in [0, 0.05) is 12.6 Å². The molecule has 1 rings (SSSR count). The van der Waals surface area contributed by atoms with E-state index in [2.05, 4.69) is 10.6 Å². The number of benzene rings is 1. The number of amides is 2. The molecule has 5 N–H and O–H groups in total. The lowest BCUT2D eigenvalue weighted by molar-refractivity contribution is -0.192. The van der Waals surface area contributed by atoms with E-state index >= 15 is 0 Å². The second kappa shape index (κ2) is 11.6. The Morgan fingerprint density at radius 3 is 2.00 bits per heavy atom. The highest BCUT2D eigenvalue weighted by atomic mass is 19.4. The number of nitrogens with two attached hydrogens (primary N) is 1. The molecule has 0 radical (unpaired) electrons. The van der Waals surface area contributed by atoms with Crippen molar-refractivity contribution in [1.29, 1.82) is 0 Å². The van der Waals surface area contributed by atoms with E-state index in [9.17, 15) is 27.6 Å². The summed E-state index contributed by atoms with van der Waals surface area (Å²) >= 11 is 0. The zero-order chi connectivity index (χ0) is 22.8. The fourth-order valence-corrected chi connectivity index (χ4v) is 1.56. The van der Waals surface area contributed by atoms with E-state index in [-0.39, 0.29) is 18.4 Å². The molecule has 0 aliphatic rings. The minimum absolute atomic E-state index is 0.0164. The molecule has 2 amide bonds. The van der Waals surface area contributed by atoms with Crippen LogP contribution in [0.15, 0.2) is 24.3 Å². The normalized spacial score (nSPS) is 11.6. The van der Waals surface area contributed by atoms with Crippen LogP contribution in [0.1, 0.15) is 20.8 Å². The Morgan fingerprint density at radius 2 is 1.62 bits per heavy atom. The topological polar surface area (TPSA) is 148 Å². The van der Waals surface area contributed by atoms with Gasteiger partial charge < -0.3 is 26.2 Å². The summed E-state index contributed by atoms with van der Waals surface area (Å²) < 4.78 is 36.8. The lowest BCUT2D eigenvalue weighted by Gasteiger charge is -2.14. The van der Waals surface area contributed by atoms with Gasteiger partial charge >= 0.3 is 18.1 Å². The molecule has 0 spiro atoms. The molecule has 162 valence electrons. The van der Waals surface area contributed by atoms with E-state index in [1.54, 1.807) is 24.3 Å². The van der Waals surface area contributed by atoms with Crippen molar-refractivity contribution in [3.8, 4) is 5.75 Å². The Morgan fingerprint density at radius 1 is 1.14 bits per heavy atom. The van der Waals surface area contributed by atoms with E-state index in [1.165, 1.54) is 6.92 Å².